The molecule has 2 aromatic carbocycles. The van der Waals surface area contributed by atoms with Crippen LogP contribution in [0.1, 0.15) is 44.3 Å². The van der Waals surface area contributed by atoms with Crippen molar-refractivity contribution in [2.45, 2.75) is 19.9 Å². The Morgan fingerprint density at radius 1 is 1.14 bits per heavy atom. The highest BCUT2D eigenvalue weighted by atomic mass is 32.1. The molecular weight excluding hydrogens is 498 g/mol. The van der Waals surface area contributed by atoms with Crippen molar-refractivity contribution in [3.05, 3.63) is 70.2 Å². The third-order valence-electron chi connectivity index (χ3n) is 5.30. The Labute approximate surface area is 217 Å². The van der Waals surface area contributed by atoms with Crippen LogP contribution >= 0.6 is 11.5 Å². The molecule has 1 aromatic heterocycles. The van der Waals surface area contributed by atoms with Gasteiger partial charge in [0.25, 0.3) is 11.8 Å². The number of nitrogens with one attached hydrogen (secondary N) is 1. The monoisotopic (exact) mass is 525 g/mol. The lowest BCUT2D eigenvalue weighted by Crippen LogP contribution is -2.45. The van der Waals surface area contributed by atoms with Crippen LogP contribution in [-0.2, 0) is 14.3 Å². The van der Waals surface area contributed by atoms with Crippen LogP contribution in [0.4, 0.5) is 11.4 Å². The summed E-state index contributed by atoms with van der Waals surface area (Å²) >= 11 is 0.702. The van der Waals surface area contributed by atoms with E-state index < -0.39 is 36.3 Å². The Bertz CT molecular complexity index is 1310. The molecule has 3 amide bonds. The molecule has 0 spiro atoms. The Hall–Kier alpha value is -4.45. The third-order valence-corrected chi connectivity index (χ3v) is 6.16. The van der Waals surface area contributed by atoms with E-state index in [1.807, 2.05) is 13.0 Å². The van der Waals surface area contributed by atoms with Gasteiger partial charge in [0.15, 0.2) is 5.69 Å². The van der Waals surface area contributed by atoms with Crippen molar-refractivity contribution in [1.29, 1.82) is 0 Å². The molecule has 5 N–H and O–H groups in total. The highest BCUT2D eigenvalue weighted by molar-refractivity contribution is 7.09. The lowest BCUT2D eigenvalue weighted by atomic mass is 10.0. The quantitative estimate of drug-likeness (QED) is 0.339. The van der Waals surface area contributed by atoms with Gasteiger partial charge >= 0.3 is 5.97 Å². The first-order valence-electron chi connectivity index (χ1n) is 11.2. The molecular formula is C25H27N5O6S. The number of hydrogen-bond donors (Lipinski definition) is 3. The van der Waals surface area contributed by atoms with Gasteiger partial charge in [-0.1, -0.05) is 24.3 Å². The fourth-order valence-electron chi connectivity index (χ4n) is 3.57. The highest BCUT2D eigenvalue weighted by Gasteiger charge is 2.36. The van der Waals surface area contributed by atoms with Crippen LogP contribution in [-0.4, -0.2) is 48.3 Å². The number of anilines is 2. The van der Waals surface area contributed by atoms with Crippen molar-refractivity contribution in [1.82, 2.24) is 9.69 Å². The number of nitrogens with zero attached hydrogens (tertiary/aromatic N) is 2. The predicted molar refractivity (Wildman–Crippen MR) is 138 cm³/mol. The van der Waals surface area contributed by atoms with E-state index in [-0.39, 0.29) is 22.9 Å². The number of primary amides is 1. The molecule has 0 fully saturated rings. The summed E-state index contributed by atoms with van der Waals surface area (Å²) in [4.78, 5) is 52.4. The van der Waals surface area contributed by atoms with Gasteiger partial charge in [0.05, 0.1) is 19.4 Å². The van der Waals surface area contributed by atoms with Crippen LogP contribution in [0.3, 0.4) is 0 Å². The molecule has 3 rings (SSSR count). The Morgan fingerprint density at radius 2 is 1.84 bits per heavy atom. The third kappa shape index (κ3) is 6.22. The SMILES string of the molecule is CCOC(=O)CNC(=O)[C@H](c1ccc(OC)cc1)N(C(=O)c1snc(C(N)=O)c1N)c1cccc(C)c1. The second kappa shape index (κ2) is 12.0. The van der Waals surface area contributed by atoms with E-state index in [2.05, 4.69) is 9.69 Å². The van der Waals surface area contributed by atoms with E-state index in [4.69, 9.17) is 20.9 Å². The number of nitrogens with two attached hydrogens (primary N) is 2. The van der Waals surface area contributed by atoms with E-state index >= 15 is 0 Å². The van der Waals surface area contributed by atoms with E-state index in [0.29, 0.717) is 28.5 Å². The molecule has 37 heavy (non-hydrogen) atoms. The van der Waals surface area contributed by atoms with Crippen molar-refractivity contribution in [3.63, 3.8) is 0 Å². The zero-order valence-electron chi connectivity index (χ0n) is 20.5. The van der Waals surface area contributed by atoms with Gasteiger partial charge in [0, 0.05) is 5.69 Å². The minimum absolute atomic E-state index is 0.0630. The number of benzene rings is 2. The van der Waals surface area contributed by atoms with Crippen molar-refractivity contribution in [2.75, 3.05) is 30.9 Å². The molecule has 0 saturated carbocycles. The fourth-order valence-corrected chi connectivity index (χ4v) is 4.31. The van der Waals surface area contributed by atoms with Gasteiger partial charge in [-0.15, -0.1) is 0 Å². The van der Waals surface area contributed by atoms with Gasteiger partial charge in [-0.25, -0.2) is 0 Å². The number of methoxy groups -OCH3 is 1. The molecule has 0 unspecified atom stereocenters. The van der Waals surface area contributed by atoms with E-state index in [1.54, 1.807) is 49.4 Å². The van der Waals surface area contributed by atoms with Crippen LogP contribution in [0.25, 0.3) is 0 Å². The highest BCUT2D eigenvalue weighted by Crippen LogP contribution is 2.34. The summed E-state index contributed by atoms with van der Waals surface area (Å²) in [5.74, 6) is -2.29. The average molecular weight is 526 g/mol. The van der Waals surface area contributed by atoms with E-state index in [1.165, 1.54) is 12.0 Å². The summed E-state index contributed by atoms with van der Waals surface area (Å²) in [7, 11) is 1.50. The molecule has 0 saturated heterocycles. The number of carbonyl (C=O) groups is 4. The molecule has 0 bridgehead atoms. The summed E-state index contributed by atoms with van der Waals surface area (Å²) in [6.07, 6.45) is 0. The molecule has 12 heteroatoms. The number of ether oxygens (including phenoxy) is 2. The number of amides is 3. The molecule has 0 radical (unpaired) electrons. The fraction of sp³-hybridized carbons (Fsp3) is 0.240. The van der Waals surface area contributed by atoms with E-state index in [0.717, 1.165) is 5.56 Å². The number of hydrogen-bond acceptors (Lipinski definition) is 9. The maximum absolute atomic E-state index is 14.0. The second-order valence-corrected chi connectivity index (χ2v) is 8.62. The van der Waals surface area contributed by atoms with Crippen LogP contribution in [0.5, 0.6) is 5.75 Å². The van der Waals surface area contributed by atoms with Crippen molar-refractivity contribution in [3.8, 4) is 5.75 Å². The first-order chi connectivity index (χ1) is 17.7. The average Bonchev–Trinajstić information content (AvgIpc) is 3.27. The molecule has 0 aliphatic carbocycles. The number of esters is 1. The maximum Gasteiger partial charge on any atom is 0.325 e. The number of nitrogen functional groups attached to an aromatic ring is 1. The van der Waals surface area contributed by atoms with Gasteiger partial charge in [-0.05, 0) is 60.8 Å². The first kappa shape index (κ1) is 27.1. The van der Waals surface area contributed by atoms with Gasteiger partial charge in [0.1, 0.15) is 23.2 Å². The molecule has 3 aromatic rings. The normalized spacial score (nSPS) is 11.3. The van der Waals surface area contributed by atoms with Crippen molar-refractivity contribution < 1.29 is 28.7 Å². The summed E-state index contributed by atoms with van der Waals surface area (Å²) in [6.45, 7) is 3.24. The summed E-state index contributed by atoms with van der Waals surface area (Å²) < 4.78 is 14.1. The maximum atomic E-state index is 14.0. The summed E-state index contributed by atoms with van der Waals surface area (Å²) in [5, 5.41) is 2.55. The van der Waals surface area contributed by atoms with Gasteiger partial charge in [-0.3, -0.25) is 24.1 Å². The van der Waals surface area contributed by atoms with Crippen LogP contribution in [0.15, 0.2) is 48.5 Å². The van der Waals surface area contributed by atoms with Gasteiger partial charge < -0.3 is 26.3 Å². The zero-order chi connectivity index (χ0) is 27.1. The van der Waals surface area contributed by atoms with Crippen molar-refractivity contribution >= 4 is 46.6 Å². The minimum Gasteiger partial charge on any atom is -0.497 e. The molecule has 1 heterocycles. The topological polar surface area (TPSA) is 167 Å². The first-order valence-corrected chi connectivity index (χ1v) is 12.0. The largest absolute Gasteiger partial charge is 0.497 e. The molecule has 0 aliphatic rings. The van der Waals surface area contributed by atoms with Crippen LogP contribution in [0.2, 0.25) is 0 Å². The van der Waals surface area contributed by atoms with Gasteiger partial charge in [0.2, 0.25) is 5.91 Å². The smallest absolute Gasteiger partial charge is 0.325 e. The van der Waals surface area contributed by atoms with Gasteiger partial charge in [-0.2, -0.15) is 4.37 Å². The minimum atomic E-state index is -1.24. The predicted octanol–water partition coefficient (Wildman–Crippen LogP) is 2.21. The lowest BCUT2D eigenvalue weighted by molar-refractivity contribution is -0.143. The molecule has 0 aliphatic heterocycles. The molecule has 11 nitrogen and oxygen atoms in total. The summed E-state index contributed by atoms with van der Waals surface area (Å²) in [5.41, 5.74) is 12.6. The standard InChI is InChI=1S/C25H27N5O6S/c1-4-36-18(31)13-28-24(33)21(15-8-10-17(35-3)11-9-15)30(16-7-5-6-14(2)12-16)25(34)22-19(26)20(23(27)32)29-37-22/h5-12,21H,4,13,26H2,1-3H3,(H2,27,32)(H,28,33)/t21-/m0/s1. The van der Waals surface area contributed by atoms with Crippen molar-refractivity contribution in [2.24, 2.45) is 5.73 Å². The Balaban J connectivity index is 2.16. The molecule has 194 valence electrons. The lowest BCUT2D eigenvalue weighted by Gasteiger charge is -2.31. The molecule has 1 atom stereocenters. The number of rotatable bonds is 10. The number of aromatic nitrogens is 1. The van der Waals surface area contributed by atoms with Crippen LogP contribution < -0.4 is 26.4 Å². The van der Waals surface area contributed by atoms with Crippen LogP contribution in [0, 0.1) is 6.92 Å². The summed E-state index contributed by atoms with van der Waals surface area (Å²) in [6, 6.07) is 12.3. The number of aryl methyl sites for hydroxylation is 1. The second-order valence-electron chi connectivity index (χ2n) is 7.85. The Morgan fingerprint density at radius 3 is 2.41 bits per heavy atom. The van der Waals surface area contributed by atoms with E-state index in [9.17, 15) is 19.2 Å². The number of carbonyl (C=O) groups excluding carboxylic acids is 4. The Kier molecular flexibility index (Phi) is 8.80. The zero-order valence-corrected chi connectivity index (χ0v) is 21.3.